The average molecular weight is 279 g/mol. The van der Waals surface area contributed by atoms with Gasteiger partial charge in [0, 0.05) is 11.6 Å². The molecule has 1 nitrogen and oxygen atoms in total. The van der Waals surface area contributed by atoms with Crippen LogP contribution in [-0.4, -0.2) is 5.54 Å². The van der Waals surface area contributed by atoms with Crippen LogP contribution in [0.4, 0.5) is 13.2 Å². The van der Waals surface area contributed by atoms with Crippen molar-refractivity contribution in [2.24, 2.45) is 5.73 Å². The van der Waals surface area contributed by atoms with Gasteiger partial charge in [-0.2, -0.15) is 0 Å². The Morgan fingerprint density at radius 2 is 1.30 bits per heavy atom. The fourth-order valence-corrected chi connectivity index (χ4v) is 2.31. The van der Waals surface area contributed by atoms with Gasteiger partial charge in [-0.05, 0) is 55.2 Å². The van der Waals surface area contributed by atoms with Crippen molar-refractivity contribution in [1.82, 2.24) is 0 Å². The highest BCUT2D eigenvalue weighted by Gasteiger charge is 2.20. The summed E-state index contributed by atoms with van der Waals surface area (Å²) in [4.78, 5) is 0. The summed E-state index contributed by atoms with van der Waals surface area (Å²) in [5.74, 6) is -1.53. The first-order valence-electron chi connectivity index (χ1n) is 6.32. The molecule has 0 radical (unpaired) electrons. The molecule has 0 saturated heterocycles. The van der Waals surface area contributed by atoms with Crippen LogP contribution in [0.3, 0.4) is 0 Å². The quantitative estimate of drug-likeness (QED) is 0.909. The molecule has 106 valence electrons. The second-order valence-electron chi connectivity index (χ2n) is 5.41. The van der Waals surface area contributed by atoms with E-state index in [1.165, 1.54) is 24.3 Å². The van der Waals surface area contributed by atoms with Gasteiger partial charge in [0.05, 0.1) is 0 Å². The van der Waals surface area contributed by atoms with Crippen molar-refractivity contribution in [3.63, 3.8) is 0 Å². The second kappa shape index (κ2) is 5.67. The maximum absolute atomic E-state index is 13.2. The van der Waals surface area contributed by atoms with Gasteiger partial charge < -0.3 is 5.73 Å². The highest BCUT2D eigenvalue weighted by molar-refractivity contribution is 5.23. The van der Waals surface area contributed by atoms with Crippen LogP contribution >= 0.6 is 0 Å². The fraction of sp³-hybridized carbons (Fsp3) is 0.250. The molecule has 20 heavy (non-hydrogen) atoms. The lowest BCUT2D eigenvalue weighted by Crippen LogP contribution is -2.41. The largest absolute Gasteiger partial charge is 0.325 e. The molecule has 0 bridgehead atoms. The maximum Gasteiger partial charge on any atom is 0.126 e. The Balaban J connectivity index is 2.12. The molecule has 2 N–H and O–H groups in total. The van der Waals surface area contributed by atoms with Crippen molar-refractivity contribution in [3.8, 4) is 0 Å². The minimum Gasteiger partial charge on any atom is -0.325 e. The van der Waals surface area contributed by atoms with Crippen LogP contribution in [0.25, 0.3) is 0 Å². The van der Waals surface area contributed by atoms with Crippen LogP contribution < -0.4 is 5.73 Å². The molecule has 0 aliphatic heterocycles. The van der Waals surface area contributed by atoms with Crippen LogP contribution in [0, 0.1) is 17.5 Å². The number of nitrogens with two attached hydrogens (primary N) is 1. The van der Waals surface area contributed by atoms with Crippen LogP contribution in [-0.2, 0) is 12.8 Å². The number of rotatable bonds is 4. The topological polar surface area (TPSA) is 26.0 Å². The highest BCUT2D eigenvalue weighted by atomic mass is 19.1. The Bertz CT molecular complexity index is 571. The Kier molecular flexibility index (Phi) is 4.14. The molecule has 0 aliphatic rings. The molecule has 0 aromatic heterocycles. The third-order valence-electron chi connectivity index (χ3n) is 3.05. The summed E-state index contributed by atoms with van der Waals surface area (Å²) < 4.78 is 39.1. The standard InChI is InChI=1S/C16H16F3N/c1-16(20,9-11-2-4-13(17)5-3-11)10-12-6-14(18)8-15(19)7-12/h2-8H,9-10,20H2,1H3. The van der Waals surface area contributed by atoms with Gasteiger partial charge in [-0.1, -0.05) is 12.1 Å². The lowest BCUT2D eigenvalue weighted by atomic mass is 9.87. The van der Waals surface area contributed by atoms with Gasteiger partial charge in [0.1, 0.15) is 17.5 Å². The number of hydrogen-bond donors (Lipinski definition) is 1. The highest BCUT2D eigenvalue weighted by Crippen LogP contribution is 2.18. The van der Waals surface area contributed by atoms with E-state index in [2.05, 4.69) is 0 Å². The Morgan fingerprint density at radius 3 is 1.85 bits per heavy atom. The number of hydrogen-bond acceptors (Lipinski definition) is 1. The maximum atomic E-state index is 13.2. The lowest BCUT2D eigenvalue weighted by molar-refractivity contribution is 0.459. The normalized spacial score (nSPS) is 14.1. The molecule has 1 atom stereocenters. The van der Waals surface area contributed by atoms with Crippen molar-refractivity contribution >= 4 is 0 Å². The van der Waals surface area contributed by atoms with Crippen LogP contribution in [0.2, 0.25) is 0 Å². The summed E-state index contributed by atoms with van der Waals surface area (Å²) in [6.45, 7) is 1.80. The van der Waals surface area contributed by atoms with Crippen LogP contribution in [0.15, 0.2) is 42.5 Å². The molecule has 2 aromatic rings. The van der Waals surface area contributed by atoms with E-state index in [0.29, 0.717) is 18.4 Å². The van der Waals surface area contributed by atoms with Crippen molar-refractivity contribution in [3.05, 3.63) is 71.0 Å². The van der Waals surface area contributed by atoms with Crippen molar-refractivity contribution in [2.45, 2.75) is 25.3 Å². The summed E-state index contributed by atoms with van der Waals surface area (Å²) in [6, 6.07) is 9.44. The van der Waals surface area contributed by atoms with Gasteiger partial charge in [-0.15, -0.1) is 0 Å². The van der Waals surface area contributed by atoms with Gasteiger partial charge >= 0.3 is 0 Å². The summed E-state index contributed by atoms with van der Waals surface area (Å²) in [5.41, 5.74) is 6.90. The Hall–Kier alpha value is -1.81. The summed E-state index contributed by atoms with van der Waals surface area (Å²) in [5, 5.41) is 0. The van der Waals surface area contributed by atoms with Gasteiger partial charge in [-0.3, -0.25) is 0 Å². The summed E-state index contributed by atoms with van der Waals surface area (Å²) >= 11 is 0. The van der Waals surface area contributed by atoms with Crippen LogP contribution in [0.1, 0.15) is 18.1 Å². The molecule has 0 heterocycles. The second-order valence-corrected chi connectivity index (χ2v) is 5.41. The minimum atomic E-state index is -0.669. The van der Waals surface area contributed by atoms with E-state index in [1.807, 2.05) is 0 Å². The molecule has 2 aromatic carbocycles. The summed E-state index contributed by atoms with van der Waals surface area (Å²) in [6.07, 6.45) is 0.824. The van der Waals surface area contributed by atoms with E-state index in [9.17, 15) is 13.2 Å². The summed E-state index contributed by atoms with van der Waals surface area (Å²) in [7, 11) is 0. The molecule has 4 heteroatoms. The van der Waals surface area contributed by atoms with E-state index in [4.69, 9.17) is 5.73 Å². The van der Waals surface area contributed by atoms with Crippen molar-refractivity contribution in [2.75, 3.05) is 0 Å². The van der Waals surface area contributed by atoms with E-state index in [1.54, 1.807) is 19.1 Å². The van der Waals surface area contributed by atoms with Crippen LogP contribution in [0.5, 0.6) is 0 Å². The van der Waals surface area contributed by atoms with E-state index >= 15 is 0 Å². The minimum absolute atomic E-state index is 0.306. The smallest absolute Gasteiger partial charge is 0.126 e. The average Bonchev–Trinajstić information content (AvgIpc) is 2.29. The fourth-order valence-electron chi connectivity index (χ4n) is 2.31. The van der Waals surface area contributed by atoms with E-state index in [-0.39, 0.29) is 5.82 Å². The lowest BCUT2D eigenvalue weighted by Gasteiger charge is -2.25. The third-order valence-corrected chi connectivity index (χ3v) is 3.05. The Morgan fingerprint density at radius 1 is 0.800 bits per heavy atom. The molecule has 1 unspecified atom stereocenters. The Labute approximate surface area is 116 Å². The van der Waals surface area contributed by atoms with E-state index < -0.39 is 17.2 Å². The van der Waals surface area contributed by atoms with Gasteiger partial charge in [0.2, 0.25) is 0 Å². The van der Waals surface area contributed by atoms with Gasteiger partial charge in [0.25, 0.3) is 0 Å². The zero-order valence-electron chi connectivity index (χ0n) is 11.2. The molecule has 0 fully saturated rings. The van der Waals surface area contributed by atoms with E-state index in [0.717, 1.165) is 11.6 Å². The number of halogens is 3. The molecule has 0 spiro atoms. The first-order chi connectivity index (χ1) is 9.34. The SMILES string of the molecule is CC(N)(Cc1ccc(F)cc1)Cc1cc(F)cc(F)c1. The molecule has 2 rings (SSSR count). The molecule has 0 saturated carbocycles. The molecular weight excluding hydrogens is 263 g/mol. The van der Waals surface area contributed by atoms with Gasteiger partial charge in [-0.25, -0.2) is 13.2 Å². The zero-order chi connectivity index (χ0) is 14.8. The third kappa shape index (κ3) is 4.10. The van der Waals surface area contributed by atoms with Gasteiger partial charge in [0.15, 0.2) is 0 Å². The first-order valence-corrected chi connectivity index (χ1v) is 6.32. The first kappa shape index (κ1) is 14.6. The predicted octanol–water partition coefficient (Wildman–Crippen LogP) is 3.61. The monoisotopic (exact) mass is 279 g/mol. The zero-order valence-corrected chi connectivity index (χ0v) is 11.2. The van der Waals surface area contributed by atoms with Crippen molar-refractivity contribution in [1.29, 1.82) is 0 Å². The molecule has 0 amide bonds. The predicted molar refractivity (Wildman–Crippen MR) is 72.8 cm³/mol. The molecule has 0 aliphatic carbocycles. The van der Waals surface area contributed by atoms with Crippen molar-refractivity contribution < 1.29 is 13.2 Å². The number of benzene rings is 2. The molecular formula is C16H16F3N.